The van der Waals surface area contributed by atoms with Gasteiger partial charge in [-0.15, -0.1) is 0 Å². The van der Waals surface area contributed by atoms with Gasteiger partial charge in [-0.3, -0.25) is 4.79 Å². The van der Waals surface area contributed by atoms with E-state index in [0.29, 0.717) is 18.8 Å². The van der Waals surface area contributed by atoms with Crippen LogP contribution in [0.2, 0.25) is 0 Å². The predicted molar refractivity (Wildman–Crippen MR) is 85.2 cm³/mol. The summed E-state index contributed by atoms with van der Waals surface area (Å²) in [7, 11) is 0. The van der Waals surface area contributed by atoms with Crippen LogP contribution in [-0.2, 0) is 17.9 Å². The first-order chi connectivity index (χ1) is 11.3. The van der Waals surface area contributed by atoms with E-state index in [4.69, 9.17) is 4.42 Å². The Hall–Kier alpha value is -3.15. The number of nitrogens with zero attached hydrogens (tertiary/aromatic N) is 3. The van der Waals surface area contributed by atoms with Crippen molar-refractivity contribution in [1.29, 1.82) is 0 Å². The average Bonchev–Trinajstić information content (AvgIpc) is 3.25. The van der Waals surface area contributed by atoms with Gasteiger partial charge in [-0.25, -0.2) is 9.67 Å². The highest BCUT2D eigenvalue weighted by molar-refractivity contribution is 5.91. The molecule has 0 unspecified atom stereocenters. The van der Waals surface area contributed by atoms with E-state index in [1.807, 2.05) is 24.3 Å². The lowest BCUT2D eigenvalue weighted by Gasteiger charge is -2.09. The van der Waals surface area contributed by atoms with Crippen LogP contribution in [0.15, 0.2) is 65.8 Å². The third-order valence-electron chi connectivity index (χ3n) is 3.31. The minimum atomic E-state index is -0.169. The number of benzene rings is 1. The number of aromatic nitrogens is 3. The summed E-state index contributed by atoms with van der Waals surface area (Å²) >= 11 is 0. The highest BCUT2D eigenvalue weighted by Crippen LogP contribution is 2.10. The van der Waals surface area contributed by atoms with Crippen molar-refractivity contribution >= 4 is 12.0 Å². The number of furan rings is 1. The summed E-state index contributed by atoms with van der Waals surface area (Å²) in [5, 5.41) is 6.97. The lowest BCUT2D eigenvalue weighted by atomic mass is 10.1. The second-order valence-electron chi connectivity index (χ2n) is 4.93. The van der Waals surface area contributed by atoms with E-state index in [-0.39, 0.29) is 5.91 Å². The van der Waals surface area contributed by atoms with Crippen LogP contribution in [0.25, 0.3) is 6.08 Å². The third-order valence-corrected chi connectivity index (χ3v) is 3.31. The molecule has 0 saturated heterocycles. The molecule has 6 heteroatoms. The molecule has 1 amide bonds. The maximum absolute atomic E-state index is 11.9. The molecule has 2 aromatic heterocycles. The molecule has 2 heterocycles. The Morgan fingerprint density at radius 3 is 2.83 bits per heavy atom. The molecule has 0 fully saturated rings. The summed E-state index contributed by atoms with van der Waals surface area (Å²) in [6, 6.07) is 11.5. The quantitative estimate of drug-likeness (QED) is 0.709. The fourth-order valence-corrected chi connectivity index (χ4v) is 2.16. The Bertz CT molecular complexity index is 777. The van der Waals surface area contributed by atoms with Crippen molar-refractivity contribution in [3.05, 3.63) is 78.3 Å². The van der Waals surface area contributed by atoms with E-state index in [1.54, 1.807) is 35.5 Å². The third kappa shape index (κ3) is 4.16. The fourth-order valence-electron chi connectivity index (χ4n) is 2.16. The van der Waals surface area contributed by atoms with Gasteiger partial charge in [0.05, 0.1) is 12.8 Å². The number of carbonyl (C=O) groups excluding carboxylic acids is 1. The van der Waals surface area contributed by atoms with Crippen molar-refractivity contribution in [2.75, 3.05) is 0 Å². The largest absolute Gasteiger partial charge is 0.465 e. The molecule has 0 atom stereocenters. The van der Waals surface area contributed by atoms with E-state index in [2.05, 4.69) is 15.4 Å². The van der Waals surface area contributed by atoms with Crippen LogP contribution >= 0.6 is 0 Å². The second kappa shape index (κ2) is 7.22. The zero-order valence-electron chi connectivity index (χ0n) is 12.4. The van der Waals surface area contributed by atoms with Gasteiger partial charge in [-0.1, -0.05) is 24.3 Å². The maximum atomic E-state index is 11.9. The zero-order valence-corrected chi connectivity index (χ0v) is 12.4. The van der Waals surface area contributed by atoms with E-state index < -0.39 is 0 Å². The zero-order chi connectivity index (χ0) is 15.9. The van der Waals surface area contributed by atoms with Crippen molar-refractivity contribution < 1.29 is 9.21 Å². The highest BCUT2D eigenvalue weighted by atomic mass is 16.3. The molecule has 116 valence electrons. The SMILES string of the molecule is O=C(C=Cc1ccco1)NCc1ccccc1Cn1cncn1. The first-order valence-corrected chi connectivity index (χ1v) is 7.20. The maximum Gasteiger partial charge on any atom is 0.244 e. The van der Waals surface area contributed by atoms with Gasteiger partial charge in [0.2, 0.25) is 5.91 Å². The van der Waals surface area contributed by atoms with Crippen LogP contribution in [-0.4, -0.2) is 20.7 Å². The van der Waals surface area contributed by atoms with Crippen molar-refractivity contribution in [3.63, 3.8) is 0 Å². The standard InChI is InChI=1S/C17H16N4O2/c22-17(8-7-16-6-3-9-23-16)19-10-14-4-1-2-5-15(14)11-21-13-18-12-20-21/h1-9,12-13H,10-11H2,(H,19,22). The Morgan fingerprint density at radius 2 is 2.09 bits per heavy atom. The van der Waals surface area contributed by atoms with Crippen LogP contribution < -0.4 is 5.32 Å². The van der Waals surface area contributed by atoms with Crippen LogP contribution in [0, 0.1) is 0 Å². The molecule has 0 spiro atoms. The molecule has 1 aromatic carbocycles. The smallest absolute Gasteiger partial charge is 0.244 e. The summed E-state index contributed by atoms with van der Waals surface area (Å²) in [4.78, 5) is 15.8. The number of nitrogens with one attached hydrogen (secondary N) is 1. The van der Waals surface area contributed by atoms with E-state index in [1.165, 1.54) is 12.4 Å². The fraction of sp³-hybridized carbons (Fsp3) is 0.118. The summed E-state index contributed by atoms with van der Waals surface area (Å²) in [6.45, 7) is 1.07. The number of hydrogen-bond donors (Lipinski definition) is 1. The van der Waals surface area contributed by atoms with E-state index >= 15 is 0 Å². The van der Waals surface area contributed by atoms with Crippen molar-refractivity contribution in [1.82, 2.24) is 20.1 Å². The summed E-state index contributed by atoms with van der Waals surface area (Å²) < 4.78 is 6.89. The topological polar surface area (TPSA) is 73.0 Å². The first-order valence-electron chi connectivity index (χ1n) is 7.20. The van der Waals surface area contributed by atoms with Gasteiger partial charge in [-0.05, 0) is 29.3 Å². The lowest BCUT2D eigenvalue weighted by Crippen LogP contribution is -2.21. The van der Waals surface area contributed by atoms with Crippen LogP contribution in [0.1, 0.15) is 16.9 Å². The van der Waals surface area contributed by atoms with E-state index in [9.17, 15) is 4.79 Å². The average molecular weight is 308 g/mol. The van der Waals surface area contributed by atoms with Crippen molar-refractivity contribution in [2.24, 2.45) is 0 Å². The van der Waals surface area contributed by atoms with Crippen LogP contribution in [0.3, 0.4) is 0 Å². The Morgan fingerprint density at radius 1 is 1.22 bits per heavy atom. The van der Waals surface area contributed by atoms with Gasteiger partial charge in [0.1, 0.15) is 18.4 Å². The Balaban J connectivity index is 1.60. The molecule has 23 heavy (non-hydrogen) atoms. The molecule has 0 aliphatic heterocycles. The molecule has 0 bridgehead atoms. The Labute approximate surface area is 133 Å². The normalized spacial score (nSPS) is 11.0. The minimum absolute atomic E-state index is 0.169. The summed E-state index contributed by atoms with van der Waals surface area (Å²) in [5.41, 5.74) is 2.14. The predicted octanol–water partition coefficient (Wildman–Crippen LogP) is 2.25. The number of amides is 1. The first kappa shape index (κ1) is 14.8. The molecule has 0 aliphatic carbocycles. The second-order valence-corrected chi connectivity index (χ2v) is 4.93. The Kier molecular flexibility index (Phi) is 4.63. The molecule has 3 rings (SSSR count). The van der Waals surface area contributed by atoms with Gasteiger partial charge in [-0.2, -0.15) is 5.10 Å². The number of carbonyl (C=O) groups is 1. The van der Waals surface area contributed by atoms with Gasteiger partial charge >= 0.3 is 0 Å². The van der Waals surface area contributed by atoms with Crippen LogP contribution in [0.4, 0.5) is 0 Å². The van der Waals surface area contributed by atoms with Crippen molar-refractivity contribution in [3.8, 4) is 0 Å². The molecule has 6 nitrogen and oxygen atoms in total. The molecular formula is C17H16N4O2. The van der Waals surface area contributed by atoms with Crippen LogP contribution in [0.5, 0.6) is 0 Å². The summed E-state index contributed by atoms with van der Waals surface area (Å²) in [6.07, 6.45) is 7.83. The van der Waals surface area contributed by atoms with Gasteiger partial charge in [0.15, 0.2) is 0 Å². The number of rotatable bonds is 6. The number of hydrogen-bond acceptors (Lipinski definition) is 4. The molecule has 0 saturated carbocycles. The highest BCUT2D eigenvalue weighted by Gasteiger charge is 2.04. The molecule has 0 aliphatic rings. The van der Waals surface area contributed by atoms with Gasteiger partial charge < -0.3 is 9.73 Å². The molecule has 3 aromatic rings. The summed E-state index contributed by atoms with van der Waals surface area (Å²) in [5.74, 6) is 0.476. The molecule has 0 radical (unpaired) electrons. The molecule has 1 N–H and O–H groups in total. The van der Waals surface area contributed by atoms with Gasteiger partial charge in [0.25, 0.3) is 0 Å². The minimum Gasteiger partial charge on any atom is -0.465 e. The lowest BCUT2D eigenvalue weighted by molar-refractivity contribution is -0.116. The van der Waals surface area contributed by atoms with E-state index in [0.717, 1.165) is 11.1 Å². The van der Waals surface area contributed by atoms with Crippen molar-refractivity contribution in [2.45, 2.75) is 13.1 Å². The monoisotopic (exact) mass is 308 g/mol. The van der Waals surface area contributed by atoms with Gasteiger partial charge in [0, 0.05) is 12.6 Å². The molecular weight excluding hydrogens is 292 g/mol.